The Balaban J connectivity index is 2.82. The predicted molar refractivity (Wildman–Crippen MR) is 45.1 cm³/mol. The Hall–Kier alpha value is -1.32. The maximum Gasteiger partial charge on any atom is 0.332 e. The highest BCUT2D eigenvalue weighted by Crippen LogP contribution is 2.25. The maximum atomic E-state index is 11.2. The van der Waals surface area contributed by atoms with Crippen molar-refractivity contribution in [2.45, 2.75) is 19.3 Å². The van der Waals surface area contributed by atoms with Crippen LogP contribution in [0.3, 0.4) is 0 Å². The van der Waals surface area contributed by atoms with Crippen molar-refractivity contribution >= 4 is 11.9 Å². The minimum absolute atomic E-state index is 0.179. The summed E-state index contributed by atoms with van der Waals surface area (Å²) in [5.41, 5.74) is 0.179. The molecule has 1 atom stereocenters. The Bertz CT molecular complexity index is 254. The average molecular weight is 184 g/mol. The van der Waals surface area contributed by atoms with E-state index in [-0.39, 0.29) is 5.57 Å². The van der Waals surface area contributed by atoms with Gasteiger partial charge in [-0.05, 0) is 19.3 Å². The number of carbonyl (C=O) groups is 2. The number of carboxylic acid groups (broad SMARTS) is 1. The molecule has 0 radical (unpaired) electrons. The molecule has 1 aliphatic carbocycles. The van der Waals surface area contributed by atoms with Crippen molar-refractivity contribution in [2.75, 3.05) is 7.11 Å². The highest BCUT2D eigenvalue weighted by atomic mass is 16.5. The van der Waals surface area contributed by atoms with E-state index in [1.54, 1.807) is 6.08 Å². The van der Waals surface area contributed by atoms with Gasteiger partial charge in [-0.15, -0.1) is 0 Å². The van der Waals surface area contributed by atoms with Crippen molar-refractivity contribution in [3.8, 4) is 0 Å². The molecule has 0 aliphatic heterocycles. The quantitative estimate of drug-likeness (QED) is 0.649. The van der Waals surface area contributed by atoms with Gasteiger partial charge in [0.05, 0.1) is 13.0 Å². The van der Waals surface area contributed by atoms with Crippen LogP contribution in [0, 0.1) is 5.92 Å². The van der Waals surface area contributed by atoms with Gasteiger partial charge in [0.25, 0.3) is 0 Å². The summed E-state index contributed by atoms with van der Waals surface area (Å²) in [6, 6.07) is 0. The van der Waals surface area contributed by atoms with Crippen molar-refractivity contribution in [2.24, 2.45) is 5.92 Å². The van der Waals surface area contributed by atoms with Crippen molar-refractivity contribution < 1.29 is 19.4 Å². The van der Waals surface area contributed by atoms with Gasteiger partial charge in [-0.3, -0.25) is 4.79 Å². The predicted octanol–water partition coefficient (Wildman–Crippen LogP) is 0.970. The van der Waals surface area contributed by atoms with Gasteiger partial charge in [0.2, 0.25) is 0 Å². The van der Waals surface area contributed by atoms with Crippen molar-refractivity contribution in [3.05, 3.63) is 11.6 Å². The minimum Gasteiger partial charge on any atom is -0.478 e. The van der Waals surface area contributed by atoms with Gasteiger partial charge in [-0.2, -0.15) is 0 Å². The number of allylic oxidation sites excluding steroid dienone is 1. The van der Waals surface area contributed by atoms with Gasteiger partial charge in [-0.1, -0.05) is 6.08 Å². The number of methoxy groups -OCH3 is 1. The van der Waals surface area contributed by atoms with Crippen LogP contribution in [-0.2, 0) is 14.3 Å². The second-order valence-electron chi connectivity index (χ2n) is 2.97. The lowest BCUT2D eigenvalue weighted by atomic mass is 9.88. The number of aliphatic carboxylic acids is 1. The number of hydrogen-bond donors (Lipinski definition) is 1. The summed E-state index contributed by atoms with van der Waals surface area (Å²) in [5.74, 6) is -2.04. The molecular weight excluding hydrogens is 172 g/mol. The lowest BCUT2D eigenvalue weighted by Gasteiger charge is -2.18. The summed E-state index contributed by atoms with van der Waals surface area (Å²) < 4.78 is 4.53. The van der Waals surface area contributed by atoms with Crippen molar-refractivity contribution in [1.82, 2.24) is 0 Å². The van der Waals surface area contributed by atoms with Gasteiger partial charge in [-0.25, -0.2) is 4.79 Å². The fourth-order valence-electron chi connectivity index (χ4n) is 1.50. The SMILES string of the molecule is COC(=O)[C@H]1CCCC=C1C(=O)O. The molecule has 0 unspecified atom stereocenters. The first-order valence-electron chi connectivity index (χ1n) is 4.18. The number of carbonyl (C=O) groups excluding carboxylic acids is 1. The molecule has 72 valence electrons. The fourth-order valence-corrected chi connectivity index (χ4v) is 1.50. The first-order valence-corrected chi connectivity index (χ1v) is 4.18. The Morgan fingerprint density at radius 1 is 1.62 bits per heavy atom. The molecule has 0 bridgehead atoms. The largest absolute Gasteiger partial charge is 0.478 e. The topological polar surface area (TPSA) is 63.6 Å². The van der Waals surface area contributed by atoms with E-state index in [4.69, 9.17) is 5.11 Å². The molecule has 0 fully saturated rings. The van der Waals surface area contributed by atoms with Crippen LogP contribution in [0.15, 0.2) is 11.6 Å². The molecule has 0 amide bonds. The number of hydrogen-bond acceptors (Lipinski definition) is 3. The van der Waals surface area contributed by atoms with Crippen LogP contribution in [0.25, 0.3) is 0 Å². The summed E-state index contributed by atoms with van der Waals surface area (Å²) in [6.07, 6.45) is 3.75. The van der Waals surface area contributed by atoms with Crippen LogP contribution in [0.5, 0.6) is 0 Å². The monoisotopic (exact) mass is 184 g/mol. The van der Waals surface area contributed by atoms with Crippen molar-refractivity contribution in [3.63, 3.8) is 0 Å². The zero-order valence-electron chi connectivity index (χ0n) is 7.45. The molecule has 4 heteroatoms. The summed E-state index contributed by atoms with van der Waals surface area (Å²) in [4.78, 5) is 21.9. The number of rotatable bonds is 2. The van der Waals surface area contributed by atoms with E-state index in [2.05, 4.69) is 4.74 Å². The summed E-state index contributed by atoms with van der Waals surface area (Å²) in [6.45, 7) is 0. The molecule has 0 saturated heterocycles. The van der Waals surface area contributed by atoms with Crippen molar-refractivity contribution in [1.29, 1.82) is 0 Å². The molecule has 13 heavy (non-hydrogen) atoms. The van der Waals surface area contributed by atoms with Gasteiger partial charge in [0, 0.05) is 5.57 Å². The van der Waals surface area contributed by atoms with E-state index >= 15 is 0 Å². The Morgan fingerprint density at radius 3 is 2.85 bits per heavy atom. The number of esters is 1. The molecule has 1 N–H and O–H groups in total. The molecule has 1 rings (SSSR count). The van der Waals surface area contributed by atoms with E-state index in [0.717, 1.165) is 12.8 Å². The van der Waals surface area contributed by atoms with Crippen LogP contribution in [0.4, 0.5) is 0 Å². The Morgan fingerprint density at radius 2 is 2.31 bits per heavy atom. The smallest absolute Gasteiger partial charge is 0.332 e. The maximum absolute atomic E-state index is 11.2. The van der Waals surface area contributed by atoms with Gasteiger partial charge < -0.3 is 9.84 Å². The highest BCUT2D eigenvalue weighted by molar-refractivity contribution is 5.94. The van der Waals surface area contributed by atoms with Gasteiger partial charge in [0.15, 0.2) is 0 Å². The highest BCUT2D eigenvalue weighted by Gasteiger charge is 2.29. The number of carboxylic acids is 1. The standard InChI is InChI=1S/C9H12O4/c1-13-9(12)7-5-3-2-4-6(7)8(10)11/h4,7H,2-3,5H2,1H3,(H,10,11)/t7-/m0/s1. The first-order chi connectivity index (χ1) is 6.16. The third-order valence-corrected chi connectivity index (χ3v) is 2.17. The van der Waals surface area contributed by atoms with E-state index in [1.807, 2.05) is 0 Å². The summed E-state index contributed by atoms with van der Waals surface area (Å²) in [5, 5.41) is 8.78. The summed E-state index contributed by atoms with van der Waals surface area (Å²) in [7, 11) is 1.27. The van der Waals surface area contributed by atoms with E-state index < -0.39 is 17.9 Å². The van der Waals surface area contributed by atoms with E-state index in [1.165, 1.54) is 7.11 Å². The average Bonchev–Trinajstić information content (AvgIpc) is 2.16. The second-order valence-corrected chi connectivity index (χ2v) is 2.97. The van der Waals surface area contributed by atoms with E-state index in [9.17, 15) is 9.59 Å². The van der Waals surface area contributed by atoms with Crippen LogP contribution >= 0.6 is 0 Å². The molecule has 0 spiro atoms. The van der Waals surface area contributed by atoms with E-state index in [0.29, 0.717) is 6.42 Å². The lowest BCUT2D eigenvalue weighted by molar-refractivity contribution is -0.147. The van der Waals surface area contributed by atoms with Crippen LogP contribution < -0.4 is 0 Å². The molecule has 0 saturated carbocycles. The summed E-state index contributed by atoms with van der Waals surface area (Å²) >= 11 is 0. The Labute approximate surface area is 76.2 Å². The zero-order valence-corrected chi connectivity index (χ0v) is 7.45. The third-order valence-electron chi connectivity index (χ3n) is 2.17. The third kappa shape index (κ3) is 2.08. The second kappa shape index (κ2) is 4.07. The molecule has 1 aliphatic rings. The molecule has 0 heterocycles. The lowest BCUT2D eigenvalue weighted by Crippen LogP contribution is -2.24. The molecular formula is C9H12O4. The van der Waals surface area contributed by atoms with Crippen LogP contribution in [0.1, 0.15) is 19.3 Å². The minimum atomic E-state index is -1.02. The molecule has 4 nitrogen and oxygen atoms in total. The normalized spacial score (nSPS) is 21.9. The molecule has 0 aromatic carbocycles. The first kappa shape index (κ1) is 9.77. The molecule has 0 aromatic heterocycles. The zero-order chi connectivity index (χ0) is 9.84. The van der Waals surface area contributed by atoms with Gasteiger partial charge >= 0.3 is 11.9 Å². The Kier molecular flexibility index (Phi) is 3.06. The fraction of sp³-hybridized carbons (Fsp3) is 0.556. The van der Waals surface area contributed by atoms with Crippen LogP contribution in [-0.4, -0.2) is 24.2 Å². The number of ether oxygens (including phenoxy) is 1. The van der Waals surface area contributed by atoms with Crippen LogP contribution in [0.2, 0.25) is 0 Å². The van der Waals surface area contributed by atoms with Gasteiger partial charge in [0.1, 0.15) is 0 Å². The molecule has 0 aromatic rings.